The third-order valence-corrected chi connectivity index (χ3v) is 5.01. The number of aromatic nitrogens is 1. The van der Waals surface area contributed by atoms with Gasteiger partial charge in [0.15, 0.2) is 0 Å². The average molecular weight is 328 g/mol. The molecule has 1 saturated heterocycles. The smallest absolute Gasteiger partial charge is 0.270 e. The molecule has 0 radical (unpaired) electrons. The maximum Gasteiger partial charge on any atom is 0.270 e. The van der Waals surface area contributed by atoms with Crippen LogP contribution in [0.1, 0.15) is 26.7 Å². The number of rotatable bonds is 4. The van der Waals surface area contributed by atoms with Crippen molar-refractivity contribution in [1.82, 2.24) is 9.88 Å². The van der Waals surface area contributed by atoms with Crippen LogP contribution in [-0.2, 0) is 0 Å². The fourth-order valence-electron chi connectivity index (χ4n) is 3.39. The summed E-state index contributed by atoms with van der Waals surface area (Å²) in [6.45, 7) is 6.72. The molecule has 0 unspecified atom stereocenters. The molecule has 0 amide bonds. The van der Waals surface area contributed by atoms with E-state index in [9.17, 15) is 10.1 Å². The van der Waals surface area contributed by atoms with Crippen molar-refractivity contribution in [3.63, 3.8) is 0 Å². The molecular weight excluding hydrogens is 304 g/mol. The van der Waals surface area contributed by atoms with Crippen molar-refractivity contribution in [1.29, 1.82) is 0 Å². The van der Waals surface area contributed by atoms with Gasteiger partial charge in [0.1, 0.15) is 5.82 Å². The standard InChI is InChI=1S/C18H24N4O2/c1-13(2)21-10-8-15(9-11-21)20(3)18-7-4-14-12-16(22(23)24)5-6-17(14)19-18/h4-7,12-13,15H,8-11H2,1-3H3. The molecule has 0 atom stereocenters. The van der Waals surface area contributed by atoms with Crippen molar-refractivity contribution >= 4 is 22.4 Å². The highest BCUT2D eigenvalue weighted by Gasteiger charge is 2.24. The van der Waals surface area contributed by atoms with Gasteiger partial charge in [0.25, 0.3) is 5.69 Å². The molecule has 24 heavy (non-hydrogen) atoms. The number of non-ortho nitro benzene ring substituents is 1. The summed E-state index contributed by atoms with van der Waals surface area (Å²) >= 11 is 0. The van der Waals surface area contributed by atoms with E-state index < -0.39 is 0 Å². The highest BCUT2D eigenvalue weighted by atomic mass is 16.6. The third kappa shape index (κ3) is 3.33. The van der Waals surface area contributed by atoms with Crippen LogP contribution in [0.15, 0.2) is 30.3 Å². The first-order valence-electron chi connectivity index (χ1n) is 8.48. The Morgan fingerprint density at radius 2 is 1.96 bits per heavy atom. The van der Waals surface area contributed by atoms with E-state index in [0.717, 1.165) is 42.7 Å². The molecule has 6 heteroatoms. The number of likely N-dealkylation sites (tertiary alicyclic amines) is 1. The fraction of sp³-hybridized carbons (Fsp3) is 0.500. The van der Waals surface area contributed by atoms with Gasteiger partial charge >= 0.3 is 0 Å². The van der Waals surface area contributed by atoms with E-state index in [2.05, 4.69) is 30.7 Å². The number of nitrogens with zero attached hydrogens (tertiary/aromatic N) is 4. The van der Waals surface area contributed by atoms with E-state index in [1.54, 1.807) is 12.1 Å². The highest BCUT2D eigenvalue weighted by molar-refractivity contribution is 5.82. The molecule has 6 nitrogen and oxygen atoms in total. The Morgan fingerprint density at radius 1 is 1.25 bits per heavy atom. The summed E-state index contributed by atoms with van der Waals surface area (Å²) in [5.41, 5.74) is 0.899. The number of pyridine rings is 1. The van der Waals surface area contributed by atoms with Crippen LogP contribution in [0.4, 0.5) is 11.5 Å². The number of piperidine rings is 1. The Balaban J connectivity index is 1.77. The second kappa shape index (κ2) is 6.73. The van der Waals surface area contributed by atoms with Gasteiger partial charge in [-0.15, -0.1) is 0 Å². The molecule has 1 aliphatic rings. The number of nitro benzene ring substituents is 1. The maximum absolute atomic E-state index is 10.9. The normalized spacial score (nSPS) is 16.7. The number of benzene rings is 1. The predicted molar refractivity (Wildman–Crippen MR) is 96.5 cm³/mol. The molecule has 3 rings (SSSR count). The maximum atomic E-state index is 10.9. The number of hydrogen-bond acceptors (Lipinski definition) is 5. The topological polar surface area (TPSA) is 62.5 Å². The summed E-state index contributed by atoms with van der Waals surface area (Å²) < 4.78 is 0. The molecule has 0 saturated carbocycles. The summed E-state index contributed by atoms with van der Waals surface area (Å²) in [7, 11) is 2.09. The minimum atomic E-state index is -0.373. The molecular formula is C18H24N4O2. The quantitative estimate of drug-likeness (QED) is 0.635. The number of nitro groups is 1. The minimum absolute atomic E-state index is 0.103. The highest BCUT2D eigenvalue weighted by Crippen LogP contribution is 2.25. The lowest BCUT2D eigenvalue weighted by Gasteiger charge is -2.39. The van der Waals surface area contributed by atoms with Gasteiger partial charge < -0.3 is 9.80 Å². The van der Waals surface area contributed by atoms with Crippen LogP contribution in [0.3, 0.4) is 0 Å². The Morgan fingerprint density at radius 3 is 2.58 bits per heavy atom. The summed E-state index contributed by atoms with van der Waals surface area (Å²) in [6.07, 6.45) is 2.27. The van der Waals surface area contributed by atoms with Crippen molar-refractivity contribution in [2.75, 3.05) is 25.0 Å². The zero-order valence-electron chi connectivity index (χ0n) is 14.5. The Hall–Kier alpha value is -2.21. The van der Waals surface area contributed by atoms with Crippen LogP contribution in [0.2, 0.25) is 0 Å². The first-order valence-corrected chi connectivity index (χ1v) is 8.48. The third-order valence-electron chi connectivity index (χ3n) is 5.01. The molecule has 0 bridgehead atoms. The van der Waals surface area contributed by atoms with Crippen molar-refractivity contribution < 1.29 is 4.92 Å². The van der Waals surface area contributed by atoms with Crippen molar-refractivity contribution in [3.05, 3.63) is 40.4 Å². The second-order valence-electron chi connectivity index (χ2n) is 6.78. The average Bonchev–Trinajstić information content (AvgIpc) is 2.60. The van der Waals surface area contributed by atoms with E-state index in [0.29, 0.717) is 12.1 Å². The van der Waals surface area contributed by atoms with Crippen LogP contribution in [0.5, 0.6) is 0 Å². The van der Waals surface area contributed by atoms with Crippen LogP contribution >= 0.6 is 0 Å². The van der Waals surface area contributed by atoms with Gasteiger partial charge in [-0.1, -0.05) is 0 Å². The predicted octanol–water partition coefficient (Wildman–Crippen LogP) is 3.45. The van der Waals surface area contributed by atoms with Gasteiger partial charge in [-0.25, -0.2) is 4.98 Å². The van der Waals surface area contributed by atoms with E-state index >= 15 is 0 Å². The van der Waals surface area contributed by atoms with Gasteiger partial charge in [-0.3, -0.25) is 10.1 Å². The zero-order valence-corrected chi connectivity index (χ0v) is 14.5. The van der Waals surface area contributed by atoms with Crippen molar-refractivity contribution in [2.24, 2.45) is 0 Å². The number of fused-ring (bicyclic) bond motifs is 1. The van der Waals surface area contributed by atoms with E-state index in [1.165, 1.54) is 6.07 Å². The molecule has 2 heterocycles. The summed E-state index contributed by atoms with van der Waals surface area (Å²) in [4.78, 5) is 20.0. The molecule has 1 aromatic carbocycles. The lowest BCUT2D eigenvalue weighted by Crippen LogP contribution is -2.45. The molecule has 0 aliphatic carbocycles. The molecule has 1 aliphatic heterocycles. The van der Waals surface area contributed by atoms with Gasteiger partial charge in [0, 0.05) is 49.7 Å². The van der Waals surface area contributed by atoms with Crippen molar-refractivity contribution in [2.45, 2.75) is 38.8 Å². The van der Waals surface area contributed by atoms with Crippen LogP contribution in [0, 0.1) is 10.1 Å². The van der Waals surface area contributed by atoms with E-state index in [1.807, 2.05) is 12.1 Å². The monoisotopic (exact) mass is 328 g/mol. The minimum Gasteiger partial charge on any atom is -0.357 e. The van der Waals surface area contributed by atoms with Gasteiger partial charge in [0.2, 0.25) is 0 Å². The Bertz CT molecular complexity index is 739. The second-order valence-corrected chi connectivity index (χ2v) is 6.78. The first-order chi connectivity index (χ1) is 11.5. The summed E-state index contributed by atoms with van der Waals surface area (Å²) in [6, 6.07) is 9.79. The van der Waals surface area contributed by atoms with Gasteiger partial charge in [0.05, 0.1) is 10.4 Å². The van der Waals surface area contributed by atoms with E-state index in [4.69, 9.17) is 4.98 Å². The molecule has 1 aromatic heterocycles. The molecule has 2 aromatic rings. The van der Waals surface area contributed by atoms with Gasteiger partial charge in [-0.2, -0.15) is 0 Å². The molecule has 0 spiro atoms. The van der Waals surface area contributed by atoms with Gasteiger partial charge in [-0.05, 0) is 44.9 Å². The van der Waals surface area contributed by atoms with Crippen LogP contribution in [0.25, 0.3) is 10.9 Å². The SMILES string of the molecule is CC(C)N1CCC(N(C)c2ccc3cc([N+](=O)[O-])ccc3n2)CC1. The fourth-order valence-corrected chi connectivity index (χ4v) is 3.39. The molecule has 128 valence electrons. The summed E-state index contributed by atoms with van der Waals surface area (Å²) in [5.74, 6) is 0.930. The van der Waals surface area contributed by atoms with Crippen molar-refractivity contribution in [3.8, 4) is 0 Å². The molecule has 1 fully saturated rings. The van der Waals surface area contributed by atoms with E-state index in [-0.39, 0.29) is 10.6 Å². The lowest BCUT2D eigenvalue weighted by molar-refractivity contribution is -0.384. The Kier molecular flexibility index (Phi) is 4.66. The number of anilines is 1. The zero-order chi connectivity index (χ0) is 17.3. The van der Waals surface area contributed by atoms with Crippen LogP contribution < -0.4 is 4.90 Å². The molecule has 0 N–H and O–H groups in total. The Labute approximate surface area is 142 Å². The summed E-state index contributed by atoms with van der Waals surface area (Å²) in [5, 5.41) is 11.7. The lowest BCUT2D eigenvalue weighted by atomic mass is 10.0. The largest absolute Gasteiger partial charge is 0.357 e. The number of hydrogen-bond donors (Lipinski definition) is 0. The van der Waals surface area contributed by atoms with Crippen LogP contribution in [-0.4, -0.2) is 47.0 Å². The first kappa shape index (κ1) is 16.6.